The number of methoxy groups -OCH3 is 1. The molecule has 0 saturated carbocycles. The highest BCUT2D eigenvalue weighted by Gasteiger charge is 2.39. The molecule has 2 aliphatic rings. The van der Waals surface area contributed by atoms with Gasteiger partial charge in [-0.3, -0.25) is 9.59 Å². The second kappa shape index (κ2) is 8.14. The third kappa shape index (κ3) is 4.57. The average molecular weight is 326 g/mol. The zero-order chi connectivity index (χ0) is 16.8. The summed E-state index contributed by atoms with van der Waals surface area (Å²) in [4.78, 5) is 38.7. The molecule has 2 fully saturated rings. The third-order valence-corrected chi connectivity index (χ3v) is 4.66. The topological polar surface area (TPSA) is 105 Å². The van der Waals surface area contributed by atoms with Crippen molar-refractivity contribution in [1.82, 2.24) is 15.1 Å². The third-order valence-electron chi connectivity index (χ3n) is 4.66. The van der Waals surface area contributed by atoms with Crippen molar-refractivity contribution in [1.29, 1.82) is 0 Å². The molecule has 8 nitrogen and oxygen atoms in total. The van der Waals surface area contributed by atoms with Gasteiger partial charge in [0, 0.05) is 45.8 Å². The van der Waals surface area contributed by atoms with E-state index in [2.05, 4.69) is 5.32 Å². The first-order valence-electron chi connectivity index (χ1n) is 8.12. The summed E-state index contributed by atoms with van der Waals surface area (Å²) in [5.74, 6) is 0.393. The number of amides is 4. The van der Waals surface area contributed by atoms with Gasteiger partial charge >= 0.3 is 6.03 Å². The van der Waals surface area contributed by atoms with Crippen molar-refractivity contribution in [2.24, 2.45) is 11.7 Å². The number of primary amides is 1. The normalized spacial score (nSPS) is 24.3. The molecule has 0 aromatic heterocycles. The number of hydrogen-bond donors (Lipinski definition) is 2. The van der Waals surface area contributed by atoms with Crippen LogP contribution in [0.5, 0.6) is 0 Å². The van der Waals surface area contributed by atoms with E-state index in [1.54, 1.807) is 12.0 Å². The predicted molar refractivity (Wildman–Crippen MR) is 83.5 cm³/mol. The number of nitrogens with zero attached hydrogens (tertiary/aromatic N) is 2. The van der Waals surface area contributed by atoms with E-state index < -0.39 is 6.03 Å². The van der Waals surface area contributed by atoms with Crippen LogP contribution in [0.1, 0.15) is 25.7 Å². The lowest BCUT2D eigenvalue weighted by atomic mass is 9.83. The Kier molecular flexibility index (Phi) is 6.20. The lowest BCUT2D eigenvalue weighted by Gasteiger charge is -2.47. The monoisotopic (exact) mass is 326 g/mol. The number of piperidine rings is 2. The van der Waals surface area contributed by atoms with Gasteiger partial charge in [-0.15, -0.1) is 0 Å². The van der Waals surface area contributed by atoms with Gasteiger partial charge in [-0.2, -0.15) is 0 Å². The van der Waals surface area contributed by atoms with Crippen molar-refractivity contribution in [2.75, 3.05) is 39.9 Å². The summed E-state index contributed by atoms with van der Waals surface area (Å²) >= 11 is 0. The summed E-state index contributed by atoms with van der Waals surface area (Å²) in [5, 5.41) is 2.33. The van der Waals surface area contributed by atoms with E-state index in [0.717, 1.165) is 19.3 Å². The summed E-state index contributed by atoms with van der Waals surface area (Å²) < 4.78 is 5.06. The van der Waals surface area contributed by atoms with E-state index in [0.29, 0.717) is 38.6 Å². The molecule has 0 unspecified atom stereocenters. The standard InChI is InChI=1S/C15H26N4O4/c1-23-8-2-6-19-12-5-7-18(14(21)9-17-15(16)22)10-11(12)3-4-13(19)20/h11-12H,2-10H2,1H3,(H3,16,17,22)/t11-,12+/m0/s1. The summed E-state index contributed by atoms with van der Waals surface area (Å²) in [6, 6.07) is -0.484. The maximum Gasteiger partial charge on any atom is 0.312 e. The Morgan fingerprint density at radius 2 is 2.17 bits per heavy atom. The zero-order valence-corrected chi connectivity index (χ0v) is 13.6. The van der Waals surface area contributed by atoms with Crippen molar-refractivity contribution >= 4 is 17.8 Å². The van der Waals surface area contributed by atoms with E-state index in [9.17, 15) is 14.4 Å². The fourth-order valence-electron chi connectivity index (χ4n) is 3.52. The maximum absolute atomic E-state index is 12.2. The second-order valence-electron chi connectivity index (χ2n) is 6.15. The molecule has 0 bridgehead atoms. The number of rotatable bonds is 6. The van der Waals surface area contributed by atoms with Crippen LogP contribution < -0.4 is 11.1 Å². The molecule has 0 aromatic carbocycles. The van der Waals surface area contributed by atoms with Gasteiger partial charge in [0.15, 0.2) is 0 Å². The van der Waals surface area contributed by atoms with Gasteiger partial charge in [0.05, 0.1) is 6.54 Å². The van der Waals surface area contributed by atoms with E-state index in [1.807, 2.05) is 4.90 Å². The van der Waals surface area contributed by atoms with Crippen LogP contribution in [0.15, 0.2) is 0 Å². The van der Waals surface area contributed by atoms with Crippen LogP contribution in [0.4, 0.5) is 4.79 Å². The van der Waals surface area contributed by atoms with Crippen molar-refractivity contribution in [3.05, 3.63) is 0 Å². The Hall–Kier alpha value is -1.83. The molecule has 2 atom stereocenters. The highest BCUT2D eigenvalue weighted by Crippen LogP contribution is 2.31. The molecule has 0 aromatic rings. The minimum absolute atomic E-state index is 0.0663. The quantitative estimate of drug-likeness (QED) is 0.644. The molecule has 0 aliphatic carbocycles. The molecule has 2 heterocycles. The number of carbonyl (C=O) groups is 3. The molecule has 3 N–H and O–H groups in total. The molecule has 0 spiro atoms. The molecule has 2 saturated heterocycles. The molecule has 2 rings (SSSR count). The molecule has 23 heavy (non-hydrogen) atoms. The van der Waals surface area contributed by atoms with E-state index in [4.69, 9.17) is 10.5 Å². The Balaban J connectivity index is 1.90. The summed E-state index contributed by atoms with van der Waals surface area (Å²) in [5.41, 5.74) is 4.99. The highest BCUT2D eigenvalue weighted by atomic mass is 16.5. The van der Waals surface area contributed by atoms with Crippen LogP contribution >= 0.6 is 0 Å². The zero-order valence-electron chi connectivity index (χ0n) is 13.6. The minimum atomic E-state index is -0.694. The largest absolute Gasteiger partial charge is 0.385 e. The van der Waals surface area contributed by atoms with Crippen LogP contribution in [-0.4, -0.2) is 73.6 Å². The second-order valence-corrected chi connectivity index (χ2v) is 6.15. The predicted octanol–water partition coefficient (Wildman–Crippen LogP) is -0.469. The summed E-state index contributed by atoms with van der Waals surface area (Å²) in [7, 11) is 1.66. The Morgan fingerprint density at radius 3 is 2.87 bits per heavy atom. The van der Waals surface area contributed by atoms with Gasteiger partial charge < -0.3 is 25.6 Å². The smallest absolute Gasteiger partial charge is 0.312 e. The molecular weight excluding hydrogens is 300 g/mol. The maximum atomic E-state index is 12.2. The molecule has 130 valence electrons. The van der Waals surface area contributed by atoms with Crippen LogP contribution in [0.3, 0.4) is 0 Å². The number of carbonyl (C=O) groups excluding carboxylic acids is 3. The van der Waals surface area contributed by atoms with Gasteiger partial charge in [0.1, 0.15) is 0 Å². The van der Waals surface area contributed by atoms with Crippen LogP contribution in [0.25, 0.3) is 0 Å². The van der Waals surface area contributed by atoms with Crippen LogP contribution in [0.2, 0.25) is 0 Å². The average Bonchev–Trinajstić information content (AvgIpc) is 2.54. The minimum Gasteiger partial charge on any atom is -0.385 e. The number of nitrogens with two attached hydrogens (primary N) is 1. The van der Waals surface area contributed by atoms with E-state index in [-0.39, 0.29) is 24.4 Å². The molecule has 0 radical (unpaired) electrons. The van der Waals surface area contributed by atoms with Crippen molar-refractivity contribution in [2.45, 2.75) is 31.7 Å². The first-order chi connectivity index (χ1) is 11.0. The van der Waals surface area contributed by atoms with Gasteiger partial charge in [0.25, 0.3) is 0 Å². The van der Waals surface area contributed by atoms with Gasteiger partial charge in [-0.1, -0.05) is 0 Å². The Labute approximate surface area is 136 Å². The Bertz CT molecular complexity index is 457. The fourth-order valence-corrected chi connectivity index (χ4v) is 3.52. The van der Waals surface area contributed by atoms with Crippen molar-refractivity contribution < 1.29 is 19.1 Å². The summed E-state index contributed by atoms with van der Waals surface area (Å²) in [6.07, 6.45) is 2.97. The van der Waals surface area contributed by atoms with Crippen LogP contribution in [0, 0.1) is 5.92 Å². The van der Waals surface area contributed by atoms with Crippen LogP contribution in [-0.2, 0) is 14.3 Å². The van der Waals surface area contributed by atoms with E-state index in [1.165, 1.54) is 0 Å². The van der Waals surface area contributed by atoms with Gasteiger partial charge in [-0.25, -0.2) is 4.79 Å². The number of fused-ring (bicyclic) bond motifs is 1. The first kappa shape index (κ1) is 17.5. The molecular formula is C15H26N4O4. The molecule has 4 amide bonds. The Morgan fingerprint density at radius 1 is 1.39 bits per heavy atom. The molecule has 2 aliphatic heterocycles. The van der Waals surface area contributed by atoms with Gasteiger partial charge in [-0.05, 0) is 25.2 Å². The van der Waals surface area contributed by atoms with E-state index >= 15 is 0 Å². The van der Waals surface area contributed by atoms with Crippen molar-refractivity contribution in [3.8, 4) is 0 Å². The van der Waals surface area contributed by atoms with Crippen molar-refractivity contribution in [3.63, 3.8) is 0 Å². The SMILES string of the molecule is COCCCN1C(=O)CC[C@H]2CN(C(=O)CNC(N)=O)CC[C@H]21. The fraction of sp³-hybridized carbons (Fsp3) is 0.800. The summed E-state index contributed by atoms with van der Waals surface area (Å²) in [6.45, 7) is 2.53. The lowest BCUT2D eigenvalue weighted by molar-refractivity contribution is -0.144. The number of nitrogens with one attached hydrogen (secondary N) is 1. The first-order valence-corrected chi connectivity index (χ1v) is 8.12. The molecule has 8 heteroatoms. The number of hydrogen-bond acceptors (Lipinski definition) is 4. The number of likely N-dealkylation sites (tertiary alicyclic amines) is 2. The lowest BCUT2D eigenvalue weighted by Crippen LogP contribution is -2.58. The van der Waals surface area contributed by atoms with Gasteiger partial charge in [0.2, 0.25) is 11.8 Å². The highest BCUT2D eigenvalue weighted by molar-refractivity contribution is 5.83. The number of ether oxygens (including phenoxy) is 1. The number of urea groups is 1.